The second-order valence-electron chi connectivity index (χ2n) is 3.50. The molecule has 1 aromatic rings. The Morgan fingerprint density at radius 2 is 1.25 bits per heavy atom. The predicted octanol–water partition coefficient (Wildman–Crippen LogP) is 1.98. The van der Waals surface area contributed by atoms with Gasteiger partial charge in [-0.25, -0.2) is 0 Å². The second kappa shape index (κ2) is 4.79. The van der Waals surface area contributed by atoms with Crippen LogP contribution in [0.15, 0.2) is 22.1 Å². The molecule has 4 heteroatoms. The highest BCUT2D eigenvalue weighted by molar-refractivity contribution is 6.06. The average molecular weight is 220 g/mol. The fraction of sp³-hybridized carbons (Fsp3) is 0.333. The topological polar surface area (TPSA) is 65.2 Å². The second-order valence-corrected chi connectivity index (χ2v) is 3.50. The Labute approximate surface area is 95.0 Å². The molecule has 0 saturated heterocycles. The highest BCUT2D eigenvalue weighted by Crippen LogP contribution is 2.28. The minimum atomic E-state index is 0.0215. The van der Waals surface area contributed by atoms with Crippen molar-refractivity contribution >= 4 is 11.4 Å². The molecule has 0 atom stereocenters. The van der Waals surface area contributed by atoms with Crippen LogP contribution in [0, 0.1) is 0 Å². The van der Waals surface area contributed by atoms with Crippen molar-refractivity contribution in [3.05, 3.63) is 23.3 Å². The van der Waals surface area contributed by atoms with Crippen LogP contribution in [-0.2, 0) is 0 Å². The molecule has 4 nitrogen and oxygen atoms in total. The SMILES string of the molecule is C/N=C(/C)c1cc(/C(C)=N\C)c(O)cc1O. The zero-order valence-electron chi connectivity index (χ0n) is 9.94. The van der Waals surface area contributed by atoms with Gasteiger partial charge in [0.25, 0.3) is 0 Å². The molecule has 0 radical (unpaired) electrons. The van der Waals surface area contributed by atoms with E-state index < -0.39 is 0 Å². The lowest BCUT2D eigenvalue weighted by atomic mass is 10.0. The Morgan fingerprint density at radius 3 is 1.56 bits per heavy atom. The number of benzene rings is 1. The van der Waals surface area contributed by atoms with E-state index >= 15 is 0 Å². The lowest BCUT2D eigenvalue weighted by Crippen LogP contribution is -2.01. The summed E-state index contributed by atoms with van der Waals surface area (Å²) in [7, 11) is 3.31. The van der Waals surface area contributed by atoms with Crippen molar-refractivity contribution in [1.82, 2.24) is 0 Å². The van der Waals surface area contributed by atoms with Gasteiger partial charge in [-0.05, 0) is 19.9 Å². The summed E-state index contributed by atoms with van der Waals surface area (Å²) in [6, 6.07) is 3.00. The predicted molar refractivity (Wildman–Crippen MR) is 66.0 cm³/mol. The summed E-state index contributed by atoms with van der Waals surface area (Å²) in [5.74, 6) is 0.0431. The lowest BCUT2D eigenvalue weighted by molar-refractivity contribution is 0.449. The van der Waals surface area contributed by atoms with Crippen molar-refractivity contribution in [2.24, 2.45) is 9.98 Å². The van der Waals surface area contributed by atoms with Gasteiger partial charge in [0.05, 0.1) is 0 Å². The molecule has 0 heterocycles. The zero-order valence-corrected chi connectivity index (χ0v) is 9.94. The molecule has 1 rings (SSSR count). The highest BCUT2D eigenvalue weighted by Gasteiger charge is 2.12. The number of hydrogen-bond donors (Lipinski definition) is 2. The molecule has 0 saturated carbocycles. The van der Waals surface area contributed by atoms with Crippen LogP contribution >= 0.6 is 0 Å². The molecular weight excluding hydrogens is 204 g/mol. The van der Waals surface area contributed by atoms with Crippen LogP contribution in [0.3, 0.4) is 0 Å². The van der Waals surface area contributed by atoms with Crippen LogP contribution in [0.5, 0.6) is 11.5 Å². The molecular formula is C12H16N2O2. The maximum absolute atomic E-state index is 9.69. The van der Waals surface area contributed by atoms with Gasteiger partial charge in [0.1, 0.15) is 11.5 Å². The van der Waals surface area contributed by atoms with Crippen LogP contribution < -0.4 is 0 Å². The van der Waals surface area contributed by atoms with Gasteiger partial charge in [0, 0.05) is 42.7 Å². The van der Waals surface area contributed by atoms with Gasteiger partial charge in [-0.1, -0.05) is 0 Å². The first-order valence-electron chi connectivity index (χ1n) is 4.94. The molecule has 0 aromatic heterocycles. The molecule has 86 valence electrons. The summed E-state index contributed by atoms with van der Waals surface area (Å²) in [5, 5.41) is 19.4. The summed E-state index contributed by atoms with van der Waals surface area (Å²) in [6.07, 6.45) is 0. The number of nitrogens with zero attached hydrogens (tertiary/aromatic N) is 2. The molecule has 1 aromatic carbocycles. The fourth-order valence-electron chi connectivity index (χ4n) is 1.40. The number of phenols is 2. The maximum Gasteiger partial charge on any atom is 0.128 e. The molecule has 0 unspecified atom stereocenters. The van der Waals surface area contributed by atoms with Crippen molar-refractivity contribution in [2.75, 3.05) is 14.1 Å². The lowest BCUT2D eigenvalue weighted by Gasteiger charge is -2.09. The van der Waals surface area contributed by atoms with E-state index in [1.807, 2.05) is 0 Å². The van der Waals surface area contributed by atoms with E-state index in [0.29, 0.717) is 22.6 Å². The number of aromatic hydroxyl groups is 2. The molecule has 16 heavy (non-hydrogen) atoms. The van der Waals surface area contributed by atoms with Crippen LogP contribution in [-0.4, -0.2) is 35.7 Å². The Kier molecular flexibility index (Phi) is 3.66. The first-order chi connectivity index (χ1) is 7.51. The molecule has 0 amide bonds. The van der Waals surface area contributed by atoms with Crippen LogP contribution in [0.2, 0.25) is 0 Å². The van der Waals surface area contributed by atoms with Crippen LogP contribution in [0.25, 0.3) is 0 Å². The van der Waals surface area contributed by atoms with Crippen molar-refractivity contribution in [3.63, 3.8) is 0 Å². The number of rotatable bonds is 2. The highest BCUT2D eigenvalue weighted by atomic mass is 16.3. The largest absolute Gasteiger partial charge is 0.507 e. The van der Waals surface area contributed by atoms with Gasteiger partial charge in [-0.2, -0.15) is 0 Å². The van der Waals surface area contributed by atoms with Gasteiger partial charge in [0.2, 0.25) is 0 Å². The van der Waals surface area contributed by atoms with E-state index in [4.69, 9.17) is 0 Å². The van der Waals surface area contributed by atoms with Gasteiger partial charge < -0.3 is 10.2 Å². The van der Waals surface area contributed by atoms with E-state index in [0.717, 1.165) is 0 Å². The standard InChI is InChI=1S/C12H16N2O2/c1-7(13-3)9-5-10(8(2)14-4)12(16)6-11(9)15/h5-6,15-16H,1-4H3/b13-7-,14-8-. The Balaban J connectivity index is 3.44. The third kappa shape index (κ3) is 2.21. The smallest absolute Gasteiger partial charge is 0.128 e. The Morgan fingerprint density at radius 1 is 0.875 bits per heavy atom. The summed E-state index contributed by atoms with van der Waals surface area (Å²) in [5.41, 5.74) is 2.64. The Hall–Kier alpha value is -1.84. The van der Waals surface area contributed by atoms with E-state index in [-0.39, 0.29) is 11.5 Å². The zero-order chi connectivity index (χ0) is 12.3. The van der Waals surface area contributed by atoms with Crippen molar-refractivity contribution in [1.29, 1.82) is 0 Å². The number of aliphatic imine (C=N–C) groups is 2. The van der Waals surface area contributed by atoms with E-state index in [1.54, 1.807) is 34.0 Å². The van der Waals surface area contributed by atoms with Gasteiger partial charge in [0.15, 0.2) is 0 Å². The quantitative estimate of drug-likeness (QED) is 0.748. The van der Waals surface area contributed by atoms with Crippen molar-refractivity contribution in [3.8, 4) is 11.5 Å². The van der Waals surface area contributed by atoms with Crippen molar-refractivity contribution in [2.45, 2.75) is 13.8 Å². The molecule has 0 aliphatic rings. The summed E-state index contributed by atoms with van der Waals surface area (Å²) in [6.45, 7) is 3.60. The summed E-state index contributed by atoms with van der Waals surface area (Å²) < 4.78 is 0. The average Bonchev–Trinajstić information content (AvgIpc) is 2.27. The normalized spacial score (nSPS) is 13.0. The van der Waals surface area contributed by atoms with Crippen molar-refractivity contribution < 1.29 is 10.2 Å². The minimum absolute atomic E-state index is 0.0215. The summed E-state index contributed by atoms with van der Waals surface area (Å²) in [4.78, 5) is 8.02. The molecule has 0 aliphatic heterocycles. The third-order valence-electron chi connectivity index (χ3n) is 2.56. The first kappa shape index (κ1) is 12.2. The van der Waals surface area contributed by atoms with Crippen LogP contribution in [0.1, 0.15) is 25.0 Å². The van der Waals surface area contributed by atoms with E-state index in [9.17, 15) is 10.2 Å². The number of hydrogen-bond acceptors (Lipinski definition) is 4. The maximum atomic E-state index is 9.69. The monoisotopic (exact) mass is 220 g/mol. The molecule has 0 bridgehead atoms. The fourth-order valence-corrected chi connectivity index (χ4v) is 1.40. The first-order valence-corrected chi connectivity index (χ1v) is 4.94. The van der Waals surface area contributed by atoms with Gasteiger partial charge >= 0.3 is 0 Å². The minimum Gasteiger partial charge on any atom is -0.507 e. The van der Waals surface area contributed by atoms with Gasteiger partial charge in [-0.15, -0.1) is 0 Å². The molecule has 0 spiro atoms. The number of phenolic OH excluding ortho intramolecular Hbond substituents is 2. The van der Waals surface area contributed by atoms with Gasteiger partial charge in [-0.3, -0.25) is 9.98 Å². The molecule has 0 aliphatic carbocycles. The molecule has 2 N–H and O–H groups in total. The third-order valence-corrected chi connectivity index (χ3v) is 2.56. The van der Waals surface area contributed by atoms with Crippen LogP contribution in [0.4, 0.5) is 0 Å². The summed E-state index contributed by atoms with van der Waals surface area (Å²) >= 11 is 0. The Bertz CT molecular complexity index is 423. The van der Waals surface area contributed by atoms with E-state index in [2.05, 4.69) is 9.98 Å². The molecule has 0 fully saturated rings. The van der Waals surface area contributed by atoms with E-state index in [1.165, 1.54) is 6.07 Å².